The van der Waals surface area contributed by atoms with E-state index in [0.29, 0.717) is 5.65 Å². The molecule has 0 radical (unpaired) electrons. The van der Waals surface area contributed by atoms with Crippen molar-refractivity contribution in [3.63, 3.8) is 0 Å². The molecule has 9 atom stereocenters. The molecule has 14 nitrogen and oxygen atoms in total. The summed E-state index contributed by atoms with van der Waals surface area (Å²) in [7, 11) is 1.45. The quantitative estimate of drug-likeness (QED) is 0.281. The fourth-order valence-electron chi connectivity index (χ4n) is 7.96. The Hall–Kier alpha value is -5.44. The lowest BCUT2D eigenvalue weighted by Crippen LogP contribution is -2.46. The predicted octanol–water partition coefficient (Wildman–Crippen LogP) is 5.39. The summed E-state index contributed by atoms with van der Waals surface area (Å²) >= 11 is 0. The minimum absolute atomic E-state index is 0.00776. The number of imidazole rings is 1. The summed E-state index contributed by atoms with van der Waals surface area (Å²) < 4.78 is 25.4. The average Bonchev–Trinajstić information content (AvgIpc) is 3.67. The first-order valence-electron chi connectivity index (χ1n) is 18.9. The lowest BCUT2D eigenvalue weighted by atomic mass is 9.78. The molecule has 0 spiro atoms. The van der Waals surface area contributed by atoms with Gasteiger partial charge in [0.1, 0.15) is 40.3 Å². The summed E-state index contributed by atoms with van der Waals surface area (Å²) in [6.45, 7) is 14.5. The monoisotopic (exact) mass is 783 g/mol. The van der Waals surface area contributed by atoms with Gasteiger partial charge in [0.25, 0.3) is 11.7 Å². The second kappa shape index (κ2) is 15.5. The van der Waals surface area contributed by atoms with Crippen molar-refractivity contribution in [1.82, 2.24) is 9.38 Å². The summed E-state index contributed by atoms with van der Waals surface area (Å²) in [6.07, 6.45) is 5.38. The molecular formula is C43H49N3O11. The smallest absolute Gasteiger partial charge is 0.312 e. The number of rotatable bonds is 2. The van der Waals surface area contributed by atoms with Crippen LogP contribution in [0, 0.1) is 37.5 Å². The number of Topliss-reactive ketones (excluding diaryl/α,β-unsaturated/α-hetero) is 2. The van der Waals surface area contributed by atoms with Gasteiger partial charge in [-0.15, -0.1) is 0 Å². The minimum Gasteiger partial charge on any atom is -0.507 e. The van der Waals surface area contributed by atoms with Gasteiger partial charge in [0.15, 0.2) is 0 Å². The van der Waals surface area contributed by atoms with Gasteiger partial charge < -0.3 is 34.3 Å². The normalized spacial score (nSPS) is 32.4. The molecule has 5 bridgehead atoms. The van der Waals surface area contributed by atoms with Gasteiger partial charge in [-0.1, -0.05) is 45.9 Å². The second-order valence-electron chi connectivity index (χ2n) is 15.5. The van der Waals surface area contributed by atoms with Gasteiger partial charge in [-0.25, -0.2) is 9.98 Å². The number of aromatic nitrogens is 2. The molecule has 3 aliphatic rings. The maximum absolute atomic E-state index is 14.5. The van der Waals surface area contributed by atoms with Crippen LogP contribution in [0.25, 0.3) is 16.9 Å². The Morgan fingerprint density at radius 2 is 1.67 bits per heavy atom. The number of aliphatic imine (C=N–C) groups is 1. The number of carbonyl (C=O) groups is 4. The molecule has 57 heavy (non-hydrogen) atoms. The van der Waals surface area contributed by atoms with Crippen LogP contribution in [0.3, 0.4) is 0 Å². The number of aliphatic hydroxyl groups excluding tert-OH is 2. The zero-order valence-electron chi connectivity index (χ0n) is 33.7. The summed E-state index contributed by atoms with van der Waals surface area (Å²) in [6, 6.07) is 3.57. The van der Waals surface area contributed by atoms with Gasteiger partial charge in [0.05, 0.1) is 35.7 Å². The number of amides is 1. The van der Waals surface area contributed by atoms with Crippen molar-refractivity contribution in [2.24, 2.45) is 28.7 Å². The third kappa shape index (κ3) is 7.10. The van der Waals surface area contributed by atoms with Crippen LogP contribution in [-0.2, 0) is 23.8 Å². The van der Waals surface area contributed by atoms with Gasteiger partial charge in [-0.2, -0.15) is 0 Å². The van der Waals surface area contributed by atoms with E-state index in [1.807, 2.05) is 6.92 Å². The van der Waals surface area contributed by atoms with Crippen LogP contribution in [0.1, 0.15) is 86.0 Å². The zero-order chi connectivity index (χ0) is 41.8. The molecular weight excluding hydrogens is 734 g/mol. The molecule has 302 valence electrons. The molecule has 0 saturated carbocycles. The van der Waals surface area contributed by atoms with E-state index in [0.717, 1.165) is 5.56 Å². The highest BCUT2D eigenvalue weighted by atomic mass is 16.7. The Bertz CT molecular complexity index is 2300. The van der Waals surface area contributed by atoms with Gasteiger partial charge >= 0.3 is 11.8 Å². The molecule has 1 aliphatic carbocycles. The number of hydrogen-bond acceptors (Lipinski definition) is 12. The number of ketones is 2. The number of benzene rings is 1. The molecule has 2 aliphatic heterocycles. The van der Waals surface area contributed by atoms with E-state index in [1.165, 1.54) is 53.2 Å². The number of methoxy groups -OCH3 is 1. The van der Waals surface area contributed by atoms with Crippen molar-refractivity contribution >= 4 is 34.8 Å². The largest absolute Gasteiger partial charge is 0.507 e. The van der Waals surface area contributed by atoms with Crippen LogP contribution in [0.15, 0.2) is 59.5 Å². The molecule has 1 amide bonds. The summed E-state index contributed by atoms with van der Waals surface area (Å²) in [5.74, 6) is -7.67. The Morgan fingerprint density at radius 1 is 0.965 bits per heavy atom. The number of aliphatic hydroxyl groups is 2. The van der Waals surface area contributed by atoms with Crippen molar-refractivity contribution < 1.29 is 53.4 Å². The molecule has 1 aromatic carbocycles. The standard InChI is InChI=1S/C43H49N3O11/c1-19-14-16-46-28(18-19)44-32-29-30-37(50)25(7)40-31(29)41(52)43(9,57-40)55-17-15-27(54-10)22(4)39(56-26(8)47)24(6)36(49)23(5)35(48)20(2)12-11-13-21(3)42(53)45-33(34(32)46)38(30)51/h11-18,20,22-24,27,35-36,39,48-50H,1-10H3/b12-11+,17-15+,21-13-,45-33-/t20-,22+,23+,24+,27-,35-,36+,39+,43-/m0/s1. The number of allylic oxidation sites excluding steroid dienone is 2. The van der Waals surface area contributed by atoms with Gasteiger partial charge in [0, 0.05) is 67.5 Å². The van der Waals surface area contributed by atoms with Crippen LogP contribution in [0.4, 0.5) is 0 Å². The van der Waals surface area contributed by atoms with Crippen molar-refractivity contribution in [1.29, 1.82) is 0 Å². The molecule has 6 rings (SSSR count). The number of carbonyl (C=O) groups excluding carboxylic acids is 4. The van der Waals surface area contributed by atoms with Crippen LogP contribution in [-0.4, -0.2) is 91.2 Å². The van der Waals surface area contributed by atoms with Crippen LogP contribution < -0.4 is 4.74 Å². The number of pyridine rings is 1. The third-order valence-corrected chi connectivity index (χ3v) is 11.4. The number of phenolic OH excluding ortho intramolecular Hbond substituents is 1. The predicted molar refractivity (Wildman–Crippen MR) is 209 cm³/mol. The summed E-state index contributed by atoms with van der Waals surface area (Å²) in [5, 5.41) is 34.5. The van der Waals surface area contributed by atoms with Gasteiger partial charge in [-0.05, 0) is 44.5 Å². The van der Waals surface area contributed by atoms with E-state index >= 15 is 0 Å². The highest BCUT2D eigenvalue weighted by Gasteiger charge is 2.52. The fraction of sp³-hybridized carbons (Fsp3) is 0.442. The van der Waals surface area contributed by atoms with E-state index in [2.05, 4.69) is 4.99 Å². The molecule has 3 N–H and O–H groups in total. The molecule has 4 heterocycles. The number of fused-ring (bicyclic) bond motifs is 6. The number of aromatic hydroxyl groups is 1. The number of phenols is 1. The van der Waals surface area contributed by atoms with Crippen molar-refractivity contribution in [2.45, 2.75) is 92.5 Å². The molecule has 14 heteroatoms. The maximum atomic E-state index is 14.5. The fourth-order valence-corrected chi connectivity index (χ4v) is 7.96. The van der Waals surface area contributed by atoms with E-state index in [1.54, 1.807) is 62.6 Å². The third-order valence-electron chi connectivity index (χ3n) is 11.4. The first-order valence-corrected chi connectivity index (χ1v) is 18.9. The van der Waals surface area contributed by atoms with E-state index in [9.17, 15) is 34.5 Å². The highest BCUT2D eigenvalue weighted by Crippen LogP contribution is 2.52. The summed E-state index contributed by atoms with van der Waals surface area (Å²) in [5.41, 5.74) is 1.26. The number of hydrogen-bond donors (Lipinski definition) is 3. The molecule has 3 aromatic rings. The second-order valence-corrected chi connectivity index (χ2v) is 15.5. The van der Waals surface area contributed by atoms with Gasteiger partial charge in [0.2, 0.25) is 5.78 Å². The number of aryl methyl sites for hydroxylation is 1. The number of nitrogens with zero attached hydrogens (tertiary/aromatic N) is 3. The summed E-state index contributed by atoms with van der Waals surface area (Å²) in [4.78, 5) is 64.2. The molecule has 0 unspecified atom stereocenters. The first-order chi connectivity index (χ1) is 26.8. The Balaban J connectivity index is 1.56. The minimum atomic E-state index is -1.99. The zero-order valence-corrected chi connectivity index (χ0v) is 33.7. The van der Waals surface area contributed by atoms with Crippen LogP contribution in [0.5, 0.6) is 11.5 Å². The lowest BCUT2D eigenvalue weighted by Gasteiger charge is -2.38. The Kier molecular flexibility index (Phi) is 11.2. The molecule has 0 saturated heterocycles. The van der Waals surface area contributed by atoms with E-state index in [-0.39, 0.29) is 50.7 Å². The molecule has 2 aromatic heterocycles. The van der Waals surface area contributed by atoms with Crippen LogP contribution in [0.2, 0.25) is 0 Å². The van der Waals surface area contributed by atoms with Crippen molar-refractivity contribution in [3.8, 4) is 22.8 Å². The number of ether oxygens (including phenoxy) is 4. The van der Waals surface area contributed by atoms with Gasteiger partial charge in [-0.3, -0.25) is 23.6 Å². The first kappa shape index (κ1) is 41.2. The molecule has 0 fully saturated rings. The van der Waals surface area contributed by atoms with E-state index in [4.69, 9.17) is 23.9 Å². The maximum Gasteiger partial charge on any atom is 0.312 e. The Labute approximate surface area is 330 Å². The number of esters is 1. The Morgan fingerprint density at radius 3 is 2.33 bits per heavy atom. The lowest BCUT2D eigenvalue weighted by molar-refractivity contribution is -0.160. The average molecular weight is 784 g/mol. The topological polar surface area (TPSA) is 196 Å². The van der Waals surface area contributed by atoms with Crippen LogP contribution >= 0.6 is 0 Å². The van der Waals surface area contributed by atoms with Crippen molar-refractivity contribution in [2.75, 3.05) is 7.11 Å². The highest BCUT2D eigenvalue weighted by molar-refractivity contribution is 6.56. The van der Waals surface area contributed by atoms with E-state index < -0.39 is 83.1 Å². The van der Waals surface area contributed by atoms with Crippen molar-refractivity contribution in [3.05, 3.63) is 82.4 Å². The SMILES string of the molecule is CO[C@H]1/C=C/O[C@@]2(C)Oc3c(C)c(O)c4c(c3C2=O)-c2nc3cc(C)ccn3c2/C(=N/C(=O)/C(C)=C\C=C\[C@H](C)[C@H](O)[C@@H](C)[C@@H](O)[C@@H](C)[C@H](OC(C)=O)[C@@H]1C)C4=O.